The quantitative estimate of drug-likeness (QED) is 0.735. The van der Waals surface area contributed by atoms with Crippen molar-refractivity contribution in [3.8, 4) is 5.88 Å². The first-order valence-electron chi connectivity index (χ1n) is 8.02. The van der Waals surface area contributed by atoms with Crippen LogP contribution in [0.25, 0.3) is 0 Å². The number of aromatic nitrogens is 1. The van der Waals surface area contributed by atoms with Crippen LogP contribution >= 0.6 is 11.9 Å². The Kier molecular flexibility index (Phi) is 5.43. The molecule has 2 aromatic rings. The number of nitrogens with one attached hydrogen (secondary N) is 2. The fourth-order valence-electron chi connectivity index (χ4n) is 2.70. The molecule has 0 spiro atoms. The Labute approximate surface area is 150 Å². The molecule has 2 N–H and O–H groups in total. The van der Waals surface area contributed by atoms with Crippen LogP contribution in [0, 0.1) is 11.7 Å². The number of hydrogen-bond acceptors (Lipinski definition) is 5. The molecule has 0 bridgehead atoms. The molecule has 1 aromatic carbocycles. The topological polar surface area (TPSA) is 63.2 Å². The van der Waals surface area contributed by atoms with E-state index in [1.807, 2.05) is 18.4 Å². The maximum atomic E-state index is 13.6. The molecule has 1 amide bonds. The van der Waals surface area contributed by atoms with Gasteiger partial charge in [0.05, 0.1) is 30.1 Å². The Bertz CT molecular complexity index is 768. The number of carbonyl (C=O) groups excluding carboxylic acids is 1. The van der Waals surface area contributed by atoms with E-state index in [0.717, 1.165) is 18.5 Å². The Morgan fingerprint density at radius 3 is 2.84 bits per heavy atom. The van der Waals surface area contributed by atoms with Crippen LogP contribution in [0.2, 0.25) is 0 Å². The first-order valence-corrected chi connectivity index (χ1v) is 9.25. The fourth-order valence-corrected chi connectivity index (χ4v) is 3.10. The van der Waals surface area contributed by atoms with Gasteiger partial charge in [-0.1, -0.05) is 18.0 Å². The van der Waals surface area contributed by atoms with Gasteiger partial charge in [-0.25, -0.2) is 9.37 Å². The van der Waals surface area contributed by atoms with Crippen LogP contribution in [0.3, 0.4) is 0 Å². The van der Waals surface area contributed by atoms with E-state index < -0.39 is 5.82 Å². The highest BCUT2D eigenvalue weighted by atomic mass is 32.2. The summed E-state index contributed by atoms with van der Waals surface area (Å²) in [6, 6.07) is 9.42. The van der Waals surface area contributed by atoms with Gasteiger partial charge in [-0.2, -0.15) is 0 Å². The van der Waals surface area contributed by atoms with Gasteiger partial charge in [-0.15, -0.1) is 0 Å². The second-order valence-electron chi connectivity index (χ2n) is 5.89. The molecule has 1 aromatic heterocycles. The summed E-state index contributed by atoms with van der Waals surface area (Å²) in [5, 5.41) is 3.02. The molecule has 1 saturated carbocycles. The van der Waals surface area contributed by atoms with E-state index >= 15 is 0 Å². The summed E-state index contributed by atoms with van der Waals surface area (Å²) in [5.41, 5.74) is 1.62. The van der Waals surface area contributed by atoms with Crippen molar-refractivity contribution in [1.29, 1.82) is 0 Å². The number of methoxy groups -OCH3 is 1. The van der Waals surface area contributed by atoms with Crippen molar-refractivity contribution in [2.75, 3.05) is 18.1 Å². The third kappa shape index (κ3) is 4.22. The average Bonchev–Trinajstić information content (AvgIpc) is 3.46. The first kappa shape index (κ1) is 17.5. The van der Waals surface area contributed by atoms with E-state index in [1.165, 1.54) is 24.1 Å². The predicted molar refractivity (Wildman–Crippen MR) is 97.3 cm³/mol. The molecule has 0 aliphatic heterocycles. The van der Waals surface area contributed by atoms with E-state index in [0.29, 0.717) is 17.5 Å². The lowest BCUT2D eigenvalue weighted by atomic mass is 10.1. The van der Waals surface area contributed by atoms with E-state index in [9.17, 15) is 9.18 Å². The Morgan fingerprint density at radius 2 is 2.16 bits per heavy atom. The van der Waals surface area contributed by atoms with Gasteiger partial charge >= 0.3 is 0 Å². The zero-order valence-corrected chi connectivity index (χ0v) is 14.9. The Balaban J connectivity index is 1.85. The zero-order chi connectivity index (χ0) is 17.8. The van der Waals surface area contributed by atoms with Crippen molar-refractivity contribution >= 4 is 23.5 Å². The summed E-state index contributed by atoms with van der Waals surface area (Å²) in [6.45, 7) is 0. The van der Waals surface area contributed by atoms with Gasteiger partial charge in [0.1, 0.15) is 5.82 Å². The standard InChI is InChI=1S/C18H20FN3O2S/c1-24-16-5-3-4-15(20-16)17(11-6-7-11)21-18(23)13-10-12(19)8-9-14(13)22-25-2/h3-5,8-11,17,22H,6-7H2,1-2H3,(H,21,23). The summed E-state index contributed by atoms with van der Waals surface area (Å²) >= 11 is 1.35. The third-order valence-electron chi connectivity index (χ3n) is 4.09. The van der Waals surface area contributed by atoms with Crippen molar-refractivity contribution in [1.82, 2.24) is 10.3 Å². The second kappa shape index (κ2) is 7.74. The molecule has 132 valence electrons. The van der Waals surface area contributed by atoms with Crippen LogP contribution in [-0.4, -0.2) is 24.3 Å². The molecule has 0 radical (unpaired) electrons. The normalized spacial score (nSPS) is 14.7. The number of nitrogens with zero attached hydrogens (tertiary/aromatic N) is 1. The minimum atomic E-state index is -0.445. The molecular formula is C18H20FN3O2S. The van der Waals surface area contributed by atoms with Crippen molar-refractivity contribution in [2.45, 2.75) is 18.9 Å². The third-order valence-corrected chi connectivity index (χ3v) is 4.52. The van der Waals surface area contributed by atoms with Crippen molar-refractivity contribution < 1.29 is 13.9 Å². The first-order chi connectivity index (χ1) is 12.1. The van der Waals surface area contributed by atoms with Gasteiger partial charge in [0.15, 0.2) is 0 Å². The largest absolute Gasteiger partial charge is 0.481 e. The molecule has 1 aliphatic rings. The Hall–Kier alpha value is -2.28. The summed E-state index contributed by atoms with van der Waals surface area (Å²) in [6.07, 6.45) is 3.91. The number of hydrogen-bond donors (Lipinski definition) is 2. The van der Waals surface area contributed by atoms with Crippen LogP contribution in [0.4, 0.5) is 10.1 Å². The number of rotatable bonds is 7. The maximum Gasteiger partial charge on any atom is 0.254 e. The lowest BCUT2D eigenvalue weighted by Gasteiger charge is -2.19. The van der Waals surface area contributed by atoms with Gasteiger partial charge in [0.25, 0.3) is 5.91 Å². The summed E-state index contributed by atoms with van der Waals surface area (Å²) < 4.78 is 21.8. The lowest BCUT2D eigenvalue weighted by Crippen LogP contribution is -2.31. The van der Waals surface area contributed by atoms with Gasteiger partial charge in [0.2, 0.25) is 5.88 Å². The molecule has 0 saturated heterocycles. The van der Waals surface area contributed by atoms with Gasteiger partial charge in [-0.05, 0) is 43.0 Å². The smallest absolute Gasteiger partial charge is 0.254 e. The van der Waals surface area contributed by atoms with E-state index in [1.54, 1.807) is 19.2 Å². The number of anilines is 1. The van der Waals surface area contributed by atoms with Crippen molar-refractivity contribution in [3.05, 3.63) is 53.5 Å². The number of benzene rings is 1. The molecule has 1 heterocycles. The maximum absolute atomic E-state index is 13.6. The van der Waals surface area contributed by atoms with Crippen LogP contribution < -0.4 is 14.8 Å². The van der Waals surface area contributed by atoms with Crippen LogP contribution in [0.1, 0.15) is 34.9 Å². The number of halogens is 1. The predicted octanol–water partition coefficient (Wildman–Crippen LogP) is 3.80. The number of carbonyl (C=O) groups is 1. The molecule has 1 aliphatic carbocycles. The molecule has 25 heavy (non-hydrogen) atoms. The van der Waals surface area contributed by atoms with E-state index in [2.05, 4.69) is 15.0 Å². The van der Waals surface area contributed by atoms with Gasteiger partial charge in [-0.3, -0.25) is 4.79 Å². The van der Waals surface area contributed by atoms with Gasteiger partial charge in [0, 0.05) is 12.3 Å². The molecule has 7 heteroatoms. The van der Waals surface area contributed by atoms with E-state index in [4.69, 9.17) is 4.74 Å². The summed E-state index contributed by atoms with van der Waals surface area (Å²) in [4.78, 5) is 17.2. The number of pyridine rings is 1. The minimum Gasteiger partial charge on any atom is -0.481 e. The van der Waals surface area contributed by atoms with Crippen molar-refractivity contribution in [2.24, 2.45) is 5.92 Å². The Morgan fingerprint density at radius 1 is 1.36 bits per heavy atom. The fraction of sp³-hybridized carbons (Fsp3) is 0.333. The highest BCUT2D eigenvalue weighted by Crippen LogP contribution is 2.41. The van der Waals surface area contributed by atoms with E-state index in [-0.39, 0.29) is 17.5 Å². The average molecular weight is 361 g/mol. The monoisotopic (exact) mass is 361 g/mol. The summed E-state index contributed by atoms with van der Waals surface area (Å²) in [7, 11) is 1.56. The van der Waals surface area contributed by atoms with Crippen LogP contribution in [0.5, 0.6) is 5.88 Å². The summed E-state index contributed by atoms with van der Waals surface area (Å²) in [5.74, 6) is 0.0822. The highest BCUT2D eigenvalue weighted by Gasteiger charge is 2.35. The highest BCUT2D eigenvalue weighted by molar-refractivity contribution is 7.99. The number of ether oxygens (including phenoxy) is 1. The second-order valence-corrected chi connectivity index (χ2v) is 6.50. The van der Waals surface area contributed by atoms with Crippen molar-refractivity contribution in [3.63, 3.8) is 0 Å². The SMILES string of the molecule is COc1cccc(C(NC(=O)c2cc(F)ccc2NSC)C2CC2)n1. The molecule has 5 nitrogen and oxygen atoms in total. The minimum absolute atomic E-state index is 0.215. The van der Waals surface area contributed by atoms with Crippen LogP contribution in [0.15, 0.2) is 36.4 Å². The van der Waals surface area contributed by atoms with Crippen LogP contribution in [-0.2, 0) is 0 Å². The number of amides is 1. The molecule has 1 unspecified atom stereocenters. The molecular weight excluding hydrogens is 341 g/mol. The lowest BCUT2D eigenvalue weighted by molar-refractivity contribution is 0.0931. The zero-order valence-electron chi connectivity index (χ0n) is 14.1. The molecule has 1 fully saturated rings. The van der Waals surface area contributed by atoms with Gasteiger partial charge < -0.3 is 14.8 Å². The molecule has 3 rings (SSSR count). The molecule has 1 atom stereocenters.